The summed E-state index contributed by atoms with van der Waals surface area (Å²) in [5.41, 5.74) is 7.54. The summed E-state index contributed by atoms with van der Waals surface area (Å²) < 4.78 is 39.7. The van der Waals surface area contributed by atoms with Crippen molar-refractivity contribution in [2.45, 2.75) is 4.90 Å². The highest BCUT2D eigenvalue weighted by molar-refractivity contribution is 7.89. The van der Waals surface area contributed by atoms with Gasteiger partial charge in [0, 0.05) is 35.8 Å². The van der Waals surface area contributed by atoms with Gasteiger partial charge >= 0.3 is 0 Å². The Morgan fingerprint density at radius 2 is 1.85 bits per heavy atom. The number of carbonyl (C=O) groups is 1. The Kier molecular flexibility index (Phi) is 3.82. The number of H-pyrrole nitrogens is 1. The molecule has 0 aliphatic carbocycles. The third kappa shape index (κ3) is 2.67. The van der Waals surface area contributed by atoms with E-state index in [4.69, 9.17) is 5.73 Å². The summed E-state index contributed by atoms with van der Waals surface area (Å²) in [6.45, 7) is 0.237. The van der Waals surface area contributed by atoms with E-state index in [-0.39, 0.29) is 23.8 Å². The van der Waals surface area contributed by atoms with Gasteiger partial charge in [0.1, 0.15) is 5.82 Å². The monoisotopic (exact) mass is 373 g/mol. The normalized spacial score (nSPS) is 15.9. The lowest BCUT2D eigenvalue weighted by atomic mass is 10.0. The predicted molar refractivity (Wildman–Crippen MR) is 95.1 cm³/mol. The summed E-state index contributed by atoms with van der Waals surface area (Å²) in [5, 5.41) is 0.856. The number of carbonyl (C=O) groups excluding carboxylic acids is 1. The number of halogens is 1. The van der Waals surface area contributed by atoms with Gasteiger partial charge in [0.25, 0.3) is 0 Å². The van der Waals surface area contributed by atoms with Crippen LogP contribution in [0.1, 0.15) is 0 Å². The minimum Gasteiger partial charge on any atom is -0.369 e. The van der Waals surface area contributed by atoms with Gasteiger partial charge in [-0.15, -0.1) is 0 Å². The molecular formula is C18H16FN3O3S. The van der Waals surface area contributed by atoms with Crippen LogP contribution in [0.15, 0.2) is 53.6 Å². The number of fused-ring (bicyclic) bond motifs is 1. The molecule has 0 atom stereocenters. The van der Waals surface area contributed by atoms with E-state index < -0.39 is 21.8 Å². The molecular weight excluding hydrogens is 357 g/mol. The number of rotatable bonds is 4. The average molecular weight is 373 g/mol. The maximum Gasteiger partial charge on any atom is 0.243 e. The van der Waals surface area contributed by atoms with Gasteiger partial charge in [0.15, 0.2) is 0 Å². The molecule has 1 amide bonds. The highest BCUT2D eigenvalue weighted by Crippen LogP contribution is 2.31. The Hall–Kier alpha value is -2.71. The molecule has 0 spiro atoms. The van der Waals surface area contributed by atoms with Crippen molar-refractivity contribution in [2.24, 2.45) is 11.7 Å². The summed E-state index contributed by atoms with van der Waals surface area (Å²) in [5.74, 6) is -1.23. The zero-order chi connectivity index (χ0) is 18.5. The van der Waals surface area contributed by atoms with Gasteiger partial charge in [-0.25, -0.2) is 12.8 Å². The van der Waals surface area contributed by atoms with Crippen LogP contribution < -0.4 is 5.73 Å². The van der Waals surface area contributed by atoms with Crippen LogP contribution in [0.5, 0.6) is 0 Å². The van der Waals surface area contributed by atoms with Crippen molar-refractivity contribution in [3.63, 3.8) is 0 Å². The molecule has 2 aromatic carbocycles. The second kappa shape index (κ2) is 5.93. The Morgan fingerprint density at radius 1 is 1.15 bits per heavy atom. The first kappa shape index (κ1) is 16.7. The maximum atomic E-state index is 13.3. The molecule has 2 heterocycles. The van der Waals surface area contributed by atoms with Crippen LogP contribution in [0.4, 0.5) is 4.39 Å². The molecule has 0 unspecified atom stereocenters. The number of sulfonamides is 1. The lowest BCUT2D eigenvalue weighted by molar-refractivity contribution is -0.124. The van der Waals surface area contributed by atoms with Crippen LogP contribution in [0.25, 0.3) is 22.0 Å². The van der Waals surface area contributed by atoms with Crippen molar-refractivity contribution >= 4 is 26.8 Å². The Balaban J connectivity index is 1.61. The second-order valence-electron chi connectivity index (χ2n) is 6.34. The van der Waals surface area contributed by atoms with Crippen molar-refractivity contribution in [3.8, 4) is 11.1 Å². The summed E-state index contributed by atoms with van der Waals surface area (Å²) in [6, 6.07) is 11.0. The predicted octanol–water partition coefficient (Wildman–Crippen LogP) is 2.08. The Morgan fingerprint density at radius 3 is 2.50 bits per heavy atom. The highest BCUT2D eigenvalue weighted by atomic mass is 32.2. The number of nitrogens with zero attached hydrogens (tertiary/aromatic N) is 1. The molecule has 1 fully saturated rings. The molecule has 0 radical (unpaired) electrons. The number of hydrogen-bond acceptors (Lipinski definition) is 3. The Labute approximate surface area is 149 Å². The summed E-state index contributed by atoms with van der Waals surface area (Å²) in [4.78, 5) is 14.2. The van der Waals surface area contributed by atoms with E-state index in [0.717, 1.165) is 16.5 Å². The average Bonchev–Trinajstić information content (AvgIpc) is 2.95. The fourth-order valence-electron chi connectivity index (χ4n) is 3.11. The molecule has 0 bridgehead atoms. The van der Waals surface area contributed by atoms with Gasteiger partial charge in [-0.3, -0.25) is 4.79 Å². The minimum atomic E-state index is -3.63. The third-order valence-electron chi connectivity index (χ3n) is 4.70. The fourth-order valence-corrected chi connectivity index (χ4v) is 4.64. The van der Waals surface area contributed by atoms with Crippen LogP contribution in [0.2, 0.25) is 0 Å². The highest BCUT2D eigenvalue weighted by Gasteiger charge is 2.39. The Bertz CT molecular complexity index is 1100. The minimum absolute atomic E-state index is 0.118. The van der Waals surface area contributed by atoms with Crippen LogP contribution >= 0.6 is 0 Å². The molecule has 1 aliphatic rings. The molecule has 26 heavy (non-hydrogen) atoms. The first-order chi connectivity index (χ1) is 12.4. The van der Waals surface area contributed by atoms with Crippen LogP contribution in [0, 0.1) is 11.7 Å². The summed E-state index contributed by atoms with van der Waals surface area (Å²) in [7, 11) is -3.63. The topological polar surface area (TPSA) is 96.3 Å². The van der Waals surface area contributed by atoms with E-state index in [0.29, 0.717) is 5.52 Å². The number of primary amides is 1. The lowest BCUT2D eigenvalue weighted by Crippen LogP contribution is -2.54. The van der Waals surface area contributed by atoms with Gasteiger partial charge in [0.2, 0.25) is 15.9 Å². The second-order valence-corrected chi connectivity index (χ2v) is 8.28. The van der Waals surface area contributed by atoms with E-state index in [1.54, 1.807) is 24.4 Å². The van der Waals surface area contributed by atoms with Crippen LogP contribution in [-0.2, 0) is 14.8 Å². The maximum absolute atomic E-state index is 13.3. The number of amides is 1. The van der Waals surface area contributed by atoms with Gasteiger partial charge in [0.05, 0.1) is 10.8 Å². The number of hydrogen-bond donors (Lipinski definition) is 2. The van der Waals surface area contributed by atoms with Crippen molar-refractivity contribution in [2.75, 3.05) is 13.1 Å². The van der Waals surface area contributed by atoms with Gasteiger partial charge in [-0.2, -0.15) is 4.31 Å². The molecule has 8 heteroatoms. The quantitative estimate of drug-likeness (QED) is 0.733. The molecule has 6 nitrogen and oxygen atoms in total. The molecule has 1 aliphatic heterocycles. The van der Waals surface area contributed by atoms with E-state index in [2.05, 4.69) is 4.98 Å². The molecule has 3 aromatic rings. The lowest BCUT2D eigenvalue weighted by Gasteiger charge is -2.36. The largest absolute Gasteiger partial charge is 0.369 e. The van der Waals surface area contributed by atoms with E-state index in [9.17, 15) is 17.6 Å². The van der Waals surface area contributed by atoms with Crippen molar-refractivity contribution < 1.29 is 17.6 Å². The molecule has 3 N–H and O–H groups in total. The molecule has 1 aromatic heterocycles. The molecule has 0 saturated carbocycles. The molecule has 1 saturated heterocycles. The number of nitrogens with one attached hydrogen (secondary N) is 1. The van der Waals surface area contributed by atoms with E-state index in [1.807, 2.05) is 0 Å². The third-order valence-corrected chi connectivity index (χ3v) is 6.54. The number of aromatic amines is 1. The van der Waals surface area contributed by atoms with Crippen molar-refractivity contribution in [1.82, 2.24) is 9.29 Å². The number of nitrogens with two attached hydrogens (primary N) is 1. The zero-order valence-corrected chi connectivity index (χ0v) is 14.5. The standard InChI is InChI=1S/C18H16FN3O3S/c19-13-3-6-15-16(8-21-17(15)7-13)11-1-4-14(5-2-11)26(24,25)22-9-12(10-22)18(20)23/h1-8,12,21H,9-10H2,(H2,20,23). The van der Waals surface area contributed by atoms with Crippen LogP contribution in [0.3, 0.4) is 0 Å². The smallest absolute Gasteiger partial charge is 0.243 e. The SMILES string of the molecule is NC(=O)C1CN(S(=O)(=O)c2ccc(-c3c[nH]c4cc(F)ccc34)cc2)C1. The first-order valence-corrected chi connectivity index (χ1v) is 9.47. The van der Waals surface area contributed by atoms with Crippen LogP contribution in [-0.4, -0.2) is 36.7 Å². The number of aromatic nitrogens is 1. The van der Waals surface area contributed by atoms with E-state index >= 15 is 0 Å². The van der Waals surface area contributed by atoms with Gasteiger partial charge < -0.3 is 10.7 Å². The van der Waals surface area contributed by atoms with E-state index in [1.165, 1.54) is 28.6 Å². The van der Waals surface area contributed by atoms with Crippen molar-refractivity contribution in [3.05, 3.63) is 54.5 Å². The molecule has 134 valence electrons. The van der Waals surface area contributed by atoms with Gasteiger partial charge in [-0.1, -0.05) is 12.1 Å². The first-order valence-electron chi connectivity index (χ1n) is 8.03. The number of benzene rings is 2. The van der Waals surface area contributed by atoms with Gasteiger partial charge in [-0.05, 0) is 35.9 Å². The zero-order valence-electron chi connectivity index (χ0n) is 13.6. The van der Waals surface area contributed by atoms with Crippen molar-refractivity contribution in [1.29, 1.82) is 0 Å². The fraction of sp³-hybridized carbons (Fsp3) is 0.167. The summed E-state index contributed by atoms with van der Waals surface area (Å²) in [6.07, 6.45) is 1.76. The summed E-state index contributed by atoms with van der Waals surface area (Å²) >= 11 is 0. The molecule has 4 rings (SSSR count).